The standard InChI is InChI=1S/C16H18BrF3N2O.C10H16O2/c1-9-5-14(13(18)7-12(9)17)22(15(23)8-21)11(3)6-10(2)16(4,19)20;1-7(2)6-12-9(11)10(4)5-8(10)3/h5-7H,3,8,21H2,1-2,4H3;8H,1,5-6H2,2-4H3/b10-6+;. The number of carbonyl (C=O) groups is 2. The van der Waals surface area contributed by atoms with Crippen molar-refractivity contribution in [1.82, 2.24) is 0 Å². The maximum Gasteiger partial charge on any atom is 0.312 e. The van der Waals surface area contributed by atoms with Crippen molar-refractivity contribution in [2.45, 2.75) is 53.9 Å². The Morgan fingerprint density at radius 1 is 1.34 bits per heavy atom. The molecule has 1 amide bonds. The second kappa shape index (κ2) is 12.0. The summed E-state index contributed by atoms with van der Waals surface area (Å²) in [6.45, 7) is 16.8. The predicted molar refractivity (Wildman–Crippen MR) is 137 cm³/mol. The lowest BCUT2D eigenvalue weighted by molar-refractivity contribution is -0.149. The van der Waals surface area contributed by atoms with Gasteiger partial charge in [-0.05, 0) is 75.0 Å². The van der Waals surface area contributed by atoms with Gasteiger partial charge < -0.3 is 10.5 Å². The third-order valence-electron chi connectivity index (χ3n) is 5.83. The maximum absolute atomic E-state index is 14.2. The number of anilines is 1. The van der Waals surface area contributed by atoms with E-state index >= 15 is 0 Å². The van der Waals surface area contributed by atoms with Crippen LogP contribution in [0, 0.1) is 24.1 Å². The second-order valence-corrected chi connectivity index (χ2v) is 10.1. The summed E-state index contributed by atoms with van der Waals surface area (Å²) in [4.78, 5) is 24.4. The van der Waals surface area contributed by atoms with Crippen LogP contribution in [0.1, 0.15) is 46.6 Å². The smallest absolute Gasteiger partial charge is 0.312 e. The molecule has 2 unspecified atom stereocenters. The van der Waals surface area contributed by atoms with Crippen molar-refractivity contribution in [2.75, 3.05) is 18.1 Å². The van der Waals surface area contributed by atoms with Gasteiger partial charge in [-0.2, -0.15) is 0 Å². The third-order valence-corrected chi connectivity index (χ3v) is 6.68. The molecule has 0 aliphatic heterocycles. The first-order valence-corrected chi connectivity index (χ1v) is 11.8. The van der Waals surface area contributed by atoms with Crippen molar-refractivity contribution in [2.24, 2.45) is 17.1 Å². The van der Waals surface area contributed by atoms with E-state index in [0.717, 1.165) is 29.9 Å². The Bertz CT molecular complexity index is 1030. The molecule has 2 N–H and O–H groups in total. The number of carbonyl (C=O) groups excluding carboxylic acids is 2. The van der Waals surface area contributed by atoms with Crippen molar-refractivity contribution >= 4 is 33.5 Å². The second-order valence-electron chi connectivity index (χ2n) is 9.25. The van der Waals surface area contributed by atoms with Crippen LogP contribution in [0.2, 0.25) is 0 Å². The van der Waals surface area contributed by atoms with Crippen LogP contribution in [0.4, 0.5) is 18.9 Å². The summed E-state index contributed by atoms with van der Waals surface area (Å²) in [6, 6.07) is 2.62. The number of benzene rings is 1. The fraction of sp³-hybridized carbons (Fsp3) is 0.462. The molecule has 1 fully saturated rings. The van der Waals surface area contributed by atoms with Crippen molar-refractivity contribution in [1.29, 1.82) is 0 Å². The highest BCUT2D eigenvalue weighted by Gasteiger charge is 2.54. The van der Waals surface area contributed by atoms with Crippen LogP contribution >= 0.6 is 15.9 Å². The highest BCUT2D eigenvalue weighted by atomic mass is 79.9. The Morgan fingerprint density at radius 3 is 2.31 bits per heavy atom. The summed E-state index contributed by atoms with van der Waals surface area (Å²) in [5.41, 5.74) is 6.24. The Kier molecular flexibility index (Phi) is 10.5. The van der Waals surface area contributed by atoms with Crippen LogP contribution in [-0.4, -0.2) is 31.0 Å². The van der Waals surface area contributed by atoms with Gasteiger partial charge in [-0.3, -0.25) is 14.5 Å². The Hall–Kier alpha value is -2.39. The van der Waals surface area contributed by atoms with E-state index in [0.29, 0.717) is 22.6 Å². The number of amides is 1. The Labute approximate surface area is 214 Å². The number of hydrogen-bond acceptors (Lipinski definition) is 4. The van der Waals surface area contributed by atoms with Gasteiger partial charge in [0.2, 0.25) is 5.91 Å². The first kappa shape index (κ1) is 30.6. The maximum atomic E-state index is 14.2. The van der Waals surface area contributed by atoms with Crippen LogP contribution in [0.5, 0.6) is 0 Å². The van der Waals surface area contributed by atoms with Gasteiger partial charge in [0.1, 0.15) is 12.4 Å². The zero-order valence-electron chi connectivity index (χ0n) is 21.1. The number of aryl methyl sites for hydroxylation is 1. The fourth-order valence-corrected chi connectivity index (χ4v) is 3.33. The van der Waals surface area contributed by atoms with Gasteiger partial charge >= 0.3 is 5.97 Å². The normalized spacial score (nSPS) is 19.3. The number of allylic oxidation sites excluding steroid dienone is 2. The minimum atomic E-state index is -3.07. The summed E-state index contributed by atoms with van der Waals surface area (Å²) in [5.74, 6) is -4.01. The monoisotopic (exact) mass is 558 g/mol. The molecule has 1 aliphatic rings. The Morgan fingerprint density at radius 2 is 1.89 bits per heavy atom. The zero-order valence-corrected chi connectivity index (χ0v) is 22.7. The third kappa shape index (κ3) is 8.35. The number of nitrogens with two attached hydrogens (primary N) is 1. The summed E-state index contributed by atoms with van der Waals surface area (Å²) in [5, 5.41) is 0. The molecule has 0 spiro atoms. The van der Waals surface area contributed by atoms with Gasteiger partial charge in [-0.15, -0.1) is 0 Å². The van der Waals surface area contributed by atoms with Gasteiger partial charge in [0.15, 0.2) is 0 Å². The van der Waals surface area contributed by atoms with Crippen LogP contribution in [-0.2, 0) is 14.3 Å². The summed E-state index contributed by atoms with van der Waals surface area (Å²) in [7, 11) is 0. The van der Waals surface area contributed by atoms with E-state index in [1.165, 1.54) is 19.1 Å². The molecule has 194 valence electrons. The average molecular weight is 559 g/mol. The lowest BCUT2D eigenvalue weighted by atomic mass is 10.1. The fourth-order valence-electron chi connectivity index (χ4n) is 3.01. The topological polar surface area (TPSA) is 72.6 Å². The molecule has 9 heteroatoms. The van der Waals surface area contributed by atoms with Gasteiger partial charge in [-0.25, -0.2) is 13.2 Å². The molecule has 1 saturated carbocycles. The van der Waals surface area contributed by atoms with E-state index in [-0.39, 0.29) is 28.3 Å². The molecule has 1 aromatic carbocycles. The van der Waals surface area contributed by atoms with Gasteiger partial charge in [0.25, 0.3) is 5.92 Å². The number of nitrogens with zero attached hydrogens (tertiary/aromatic N) is 1. The van der Waals surface area contributed by atoms with Crippen LogP contribution < -0.4 is 10.6 Å². The van der Waals surface area contributed by atoms with Crippen molar-refractivity contribution < 1.29 is 27.5 Å². The minimum absolute atomic E-state index is 0.0713. The number of halogens is 4. The average Bonchev–Trinajstić information content (AvgIpc) is 3.37. The molecule has 0 radical (unpaired) electrons. The number of rotatable bonds is 8. The molecule has 5 nitrogen and oxygen atoms in total. The molecule has 2 atom stereocenters. The predicted octanol–water partition coefficient (Wildman–Crippen LogP) is 6.46. The highest BCUT2D eigenvalue weighted by Crippen LogP contribution is 2.52. The van der Waals surface area contributed by atoms with E-state index < -0.39 is 24.2 Å². The lowest BCUT2D eigenvalue weighted by Gasteiger charge is -2.25. The van der Waals surface area contributed by atoms with E-state index in [1.807, 2.05) is 13.8 Å². The van der Waals surface area contributed by atoms with Crippen molar-refractivity contribution in [3.05, 3.63) is 64.1 Å². The zero-order chi connectivity index (χ0) is 27.3. The molecule has 1 aromatic rings. The van der Waals surface area contributed by atoms with E-state index in [9.17, 15) is 22.8 Å². The van der Waals surface area contributed by atoms with E-state index in [1.54, 1.807) is 6.92 Å². The molecule has 0 aromatic heterocycles. The van der Waals surface area contributed by atoms with Gasteiger partial charge in [0.05, 0.1) is 17.6 Å². The van der Waals surface area contributed by atoms with Gasteiger partial charge in [-0.1, -0.05) is 36.0 Å². The summed E-state index contributed by atoms with van der Waals surface area (Å²) >= 11 is 3.19. The molecule has 1 aliphatic carbocycles. The molecule has 0 bridgehead atoms. The summed E-state index contributed by atoms with van der Waals surface area (Å²) < 4.78 is 46.4. The number of alkyl halides is 2. The van der Waals surface area contributed by atoms with Crippen LogP contribution in [0.15, 0.2) is 52.7 Å². The van der Waals surface area contributed by atoms with E-state index in [4.69, 9.17) is 10.5 Å². The molecular weight excluding hydrogens is 525 g/mol. The van der Waals surface area contributed by atoms with Gasteiger partial charge in [0, 0.05) is 17.1 Å². The van der Waals surface area contributed by atoms with Crippen LogP contribution in [0.3, 0.4) is 0 Å². The number of hydrogen-bond donors (Lipinski definition) is 1. The van der Waals surface area contributed by atoms with E-state index in [2.05, 4.69) is 36.0 Å². The molecular formula is C26H34BrF3N2O3. The van der Waals surface area contributed by atoms with Crippen molar-refractivity contribution in [3.63, 3.8) is 0 Å². The number of ether oxygens (including phenoxy) is 1. The SMILES string of the molecule is C=C(/C=C(\C)C(C)(F)F)N(C(=O)CN)c1cc(C)c(Br)cc1F.C=C(C)COC(=O)C1(C)CC1C. The Balaban J connectivity index is 0.000000427. The molecule has 0 heterocycles. The summed E-state index contributed by atoms with van der Waals surface area (Å²) in [6.07, 6.45) is 2.01. The molecule has 2 rings (SSSR count). The highest BCUT2D eigenvalue weighted by molar-refractivity contribution is 9.10. The first-order chi connectivity index (χ1) is 15.9. The largest absolute Gasteiger partial charge is 0.461 e. The quantitative estimate of drug-likeness (QED) is 0.226. The van der Waals surface area contributed by atoms with Crippen LogP contribution in [0.25, 0.3) is 0 Å². The number of esters is 1. The minimum Gasteiger partial charge on any atom is -0.461 e. The molecule has 0 saturated heterocycles. The first-order valence-electron chi connectivity index (χ1n) is 11.0. The van der Waals surface area contributed by atoms with Crippen molar-refractivity contribution in [3.8, 4) is 0 Å². The lowest BCUT2D eigenvalue weighted by Crippen LogP contribution is -2.35. The molecule has 35 heavy (non-hydrogen) atoms.